The van der Waals surface area contributed by atoms with Crippen LogP contribution in [0.5, 0.6) is 5.75 Å². The van der Waals surface area contributed by atoms with Gasteiger partial charge in [0.05, 0.1) is 7.11 Å². The molecular formula is C14H21ClN2O. The average Bonchev–Trinajstić information content (AvgIpc) is 2.81. The van der Waals surface area contributed by atoms with E-state index >= 15 is 0 Å². The molecule has 0 aromatic heterocycles. The quantitative estimate of drug-likeness (QED) is 0.912. The number of likely N-dealkylation sites (tertiary alicyclic amines) is 1. The zero-order valence-corrected chi connectivity index (χ0v) is 11.8. The van der Waals surface area contributed by atoms with Gasteiger partial charge in [0.15, 0.2) is 0 Å². The van der Waals surface area contributed by atoms with E-state index < -0.39 is 0 Å². The van der Waals surface area contributed by atoms with Gasteiger partial charge in [-0.1, -0.05) is 11.6 Å². The molecule has 18 heavy (non-hydrogen) atoms. The number of ether oxygens (including phenoxy) is 1. The number of hydrogen-bond donors (Lipinski definition) is 1. The number of rotatable bonds is 4. The zero-order chi connectivity index (χ0) is 13.1. The largest absolute Gasteiger partial charge is 0.497 e. The second kappa shape index (κ2) is 5.91. The van der Waals surface area contributed by atoms with Gasteiger partial charge in [-0.05, 0) is 49.6 Å². The van der Waals surface area contributed by atoms with Gasteiger partial charge < -0.3 is 10.5 Å². The Bertz CT molecular complexity index is 409. The van der Waals surface area contributed by atoms with E-state index in [1.807, 2.05) is 18.2 Å². The second-order valence-corrected chi connectivity index (χ2v) is 5.51. The van der Waals surface area contributed by atoms with Crippen LogP contribution in [0.3, 0.4) is 0 Å². The zero-order valence-electron chi connectivity index (χ0n) is 11.0. The fourth-order valence-electron chi connectivity index (χ4n) is 2.48. The molecule has 0 aliphatic carbocycles. The summed E-state index contributed by atoms with van der Waals surface area (Å²) in [6.07, 6.45) is 1.18. The van der Waals surface area contributed by atoms with Crippen molar-refractivity contribution in [3.63, 3.8) is 0 Å². The number of nitrogens with two attached hydrogens (primary N) is 1. The van der Waals surface area contributed by atoms with Crippen LogP contribution in [-0.2, 0) is 6.54 Å². The van der Waals surface area contributed by atoms with Gasteiger partial charge in [-0.15, -0.1) is 0 Å². The molecule has 1 saturated heterocycles. The van der Waals surface area contributed by atoms with Crippen molar-refractivity contribution in [3.05, 3.63) is 28.8 Å². The summed E-state index contributed by atoms with van der Waals surface area (Å²) >= 11 is 6.22. The third-order valence-electron chi connectivity index (χ3n) is 3.70. The molecule has 2 N–H and O–H groups in total. The van der Waals surface area contributed by atoms with Gasteiger partial charge in [-0.2, -0.15) is 0 Å². The molecule has 2 atom stereocenters. The van der Waals surface area contributed by atoms with Crippen molar-refractivity contribution in [3.8, 4) is 5.75 Å². The highest BCUT2D eigenvalue weighted by atomic mass is 35.5. The maximum absolute atomic E-state index is 6.22. The minimum atomic E-state index is 0.274. The van der Waals surface area contributed by atoms with Crippen LogP contribution in [0.2, 0.25) is 5.02 Å². The molecule has 1 fully saturated rings. The number of halogens is 1. The Morgan fingerprint density at radius 2 is 2.33 bits per heavy atom. The third kappa shape index (κ3) is 3.16. The van der Waals surface area contributed by atoms with Crippen molar-refractivity contribution in [2.75, 3.05) is 20.2 Å². The summed E-state index contributed by atoms with van der Waals surface area (Å²) in [5.41, 5.74) is 7.08. The van der Waals surface area contributed by atoms with Crippen LogP contribution in [0.4, 0.5) is 0 Å². The molecule has 0 radical (unpaired) electrons. The molecule has 1 aromatic carbocycles. The van der Waals surface area contributed by atoms with E-state index in [4.69, 9.17) is 22.1 Å². The predicted octanol–water partition coefficient (Wildman–Crippen LogP) is 2.52. The Morgan fingerprint density at radius 3 is 2.94 bits per heavy atom. The molecule has 2 rings (SSSR count). The van der Waals surface area contributed by atoms with Crippen molar-refractivity contribution in [2.45, 2.75) is 25.9 Å². The first-order valence-corrected chi connectivity index (χ1v) is 6.78. The molecule has 1 aliphatic rings. The number of hydrogen-bond acceptors (Lipinski definition) is 3. The van der Waals surface area contributed by atoms with Gasteiger partial charge in [0.1, 0.15) is 5.75 Å². The molecular weight excluding hydrogens is 248 g/mol. The first-order chi connectivity index (χ1) is 8.60. The fourth-order valence-corrected chi connectivity index (χ4v) is 2.65. The van der Waals surface area contributed by atoms with Gasteiger partial charge >= 0.3 is 0 Å². The Balaban J connectivity index is 2.02. The first kappa shape index (κ1) is 13.7. The van der Waals surface area contributed by atoms with Gasteiger partial charge in [-0.25, -0.2) is 0 Å². The second-order valence-electron chi connectivity index (χ2n) is 5.10. The highest BCUT2D eigenvalue weighted by molar-refractivity contribution is 6.31. The van der Waals surface area contributed by atoms with Crippen molar-refractivity contribution in [2.24, 2.45) is 11.7 Å². The van der Waals surface area contributed by atoms with Crippen LogP contribution in [0, 0.1) is 5.92 Å². The number of methoxy groups -OCH3 is 1. The summed E-state index contributed by atoms with van der Waals surface area (Å²) in [5, 5.41) is 0.806. The summed E-state index contributed by atoms with van der Waals surface area (Å²) in [6.45, 7) is 5.12. The van der Waals surface area contributed by atoms with Crippen molar-refractivity contribution in [1.29, 1.82) is 0 Å². The Kier molecular flexibility index (Phi) is 4.49. The summed E-state index contributed by atoms with van der Waals surface area (Å²) in [7, 11) is 1.68. The van der Waals surface area contributed by atoms with Gasteiger partial charge in [-0.3, -0.25) is 4.90 Å². The molecule has 0 spiro atoms. The molecule has 0 saturated carbocycles. The standard InChI is InChI=1S/C14H21ClN2O/c1-10(16)11-5-6-17(8-11)9-12-7-13(18-2)3-4-14(12)15/h3-4,7,10-11H,5-6,8-9,16H2,1-2H3. The fraction of sp³-hybridized carbons (Fsp3) is 0.571. The third-order valence-corrected chi connectivity index (χ3v) is 4.07. The lowest BCUT2D eigenvalue weighted by atomic mass is 10.0. The molecule has 0 amide bonds. The normalized spacial score (nSPS) is 22.1. The van der Waals surface area contributed by atoms with Gasteiger partial charge in [0.2, 0.25) is 0 Å². The van der Waals surface area contributed by atoms with Crippen LogP contribution >= 0.6 is 11.6 Å². The van der Waals surface area contributed by atoms with E-state index in [9.17, 15) is 0 Å². The molecule has 1 aliphatic heterocycles. The molecule has 100 valence electrons. The Morgan fingerprint density at radius 1 is 1.56 bits per heavy atom. The lowest BCUT2D eigenvalue weighted by Gasteiger charge is -2.18. The minimum absolute atomic E-state index is 0.274. The highest BCUT2D eigenvalue weighted by Crippen LogP contribution is 2.26. The lowest BCUT2D eigenvalue weighted by Crippen LogP contribution is -2.29. The maximum atomic E-state index is 6.22. The molecule has 2 unspecified atom stereocenters. The Labute approximate surface area is 114 Å². The Hall–Kier alpha value is -0.770. The van der Waals surface area contributed by atoms with Crippen LogP contribution < -0.4 is 10.5 Å². The SMILES string of the molecule is COc1ccc(Cl)c(CN2CCC(C(C)N)C2)c1. The lowest BCUT2D eigenvalue weighted by molar-refractivity contribution is 0.308. The van der Waals surface area contributed by atoms with Crippen LogP contribution in [0.15, 0.2) is 18.2 Å². The van der Waals surface area contributed by atoms with Crippen molar-refractivity contribution < 1.29 is 4.74 Å². The van der Waals surface area contributed by atoms with Crippen molar-refractivity contribution >= 4 is 11.6 Å². The van der Waals surface area contributed by atoms with E-state index in [0.717, 1.165) is 36.0 Å². The van der Waals surface area contributed by atoms with E-state index in [-0.39, 0.29) is 6.04 Å². The maximum Gasteiger partial charge on any atom is 0.119 e. The molecule has 3 nitrogen and oxygen atoms in total. The van der Waals surface area contributed by atoms with Gasteiger partial charge in [0.25, 0.3) is 0 Å². The molecule has 0 bridgehead atoms. The molecule has 4 heteroatoms. The summed E-state index contributed by atoms with van der Waals surface area (Å²) in [6, 6.07) is 6.08. The van der Waals surface area contributed by atoms with E-state index in [1.54, 1.807) is 7.11 Å². The summed E-state index contributed by atoms with van der Waals surface area (Å²) in [4.78, 5) is 2.41. The average molecular weight is 269 g/mol. The predicted molar refractivity (Wildman–Crippen MR) is 75.0 cm³/mol. The van der Waals surface area contributed by atoms with Crippen molar-refractivity contribution in [1.82, 2.24) is 4.90 Å². The minimum Gasteiger partial charge on any atom is -0.497 e. The van der Waals surface area contributed by atoms with Crippen LogP contribution in [0.1, 0.15) is 18.9 Å². The number of benzene rings is 1. The molecule has 1 aromatic rings. The summed E-state index contributed by atoms with van der Waals surface area (Å²) in [5.74, 6) is 1.46. The smallest absolute Gasteiger partial charge is 0.119 e. The molecule has 1 heterocycles. The van der Waals surface area contributed by atoms with E-state index in [0.29, 0.717) is 5.92 Å². The van der Waals surface area contributed by atoms with E-state index in [1.165, 1.54) is 6.42 Å². The monoisotopic (exact) mass is 268 g/mol. The first-order valence-electron chi connectivity index (χ1n) is 6.40. The van der Waals surface area contributed by atoms with Crippen LogP contribution in [0.25, 0.3) is 0 Å². The van der Waals surface area contributed by atoms with Crippen LogP contribution in [-0.4, -0.2) is 31.1 Å². The topological polar surface area (TPSA) is 38.5 Å². The van der Waals surface area contributed by atoms with Gasteiger partial charge in [0, 0.05) is 24.2 Å². The van der Waals surface area contributed by atoms with E-state index in [2.05, 4.69) is 11.8 Å². The highest BCUT2D eigenvalue weighted by Gasteiger charge is 2.25. The summed E-state index contributed by atoms with van der Waals surface area (Å²) < 4.78 is 5.24. The number of nitrogens with zero attached hydrogens (tertiary/aromatic N) is 1.